The Balaban J connectivity index is 1.74. The highest BCUT2D eigenvalue weighted by atomic mass is 16.5. The van der Waals surface area contributed by atoms with Gasteiger partial charge in [0, 0.05) is 50.2 Å². The van der Waals surface area contributed by atoms with Crippen molar-refractivity contribution in [3.63, 3.8) is 0 Å². The molecule has 6 nitrogen and oxygen atoms in total. The lowest BCUT2D eigenvalue weighted by Gasteiger charge is -2.31. The Kier molecular flexibility index (Phi) is 6.82. The van der Waals surface area contributed by atoms with Crippen LogP contribution in [0.25, 0.3) is 22.3 Å². The van der Waals surface area contributed by atoms with E-state index >= 15 is 0 Å². The van der Waals surface area contributed by atoms with Gasteiger partial charge in [-0.2, -0.15) is 0 Å². The fourth-order valence-electron chi connectivity index (χ4n) is 4.67. The number of pyridine rings is 2. The first-order chi connectivity index (χ1) is 15.4. The normalized spacial score (nSPS) is 16.1. The Hall–Kier alpha value is -2.44. The van der Waals surface area contributed by atoms with Crippen molar-refractivity contribution in [3.8, 4) is 11.3 Å². The number of nitrogens with zero attached hydrogens (tertiary/aromatic N) is 4. The van der Waals surface area contributed by atoms with Crippen LogP contribution in [-0.2, 0) is 4.74 Å². The third-order valence-electron chi connectivity index (χ3n) is 6.61. The largest absolute Gasteiger partial charge is 0.379 e. The number of ether oxygens (including phenoxy) is 1. The zero-order chi connectivity index (χ0) is 22.8. The number of nitrogens with one attached hydrogen (secondary N) is 1. The molecule has 3 aromatic heterocycles. The minimum absolute atomic E-state index is 0.390. The number of hydrogen-bond acceptors (Lipinski definition) is 5. The average Bonchev–Trinajstić information content (AvgIpc) is 3.12. The summed E-state index contributed by atoms with van der Waals surface area (Å²) in [6, 6.07) is 7.02. The molecular weight excluding hydrogens is 398 g/mol. The van der Waals surface area contributed by atoms with E-state index in [1.165, 1.54) is 16.6 Å². The maximum Gasteiger partial charge on any atom is 0.135 e. The van der Waals surface area contributed by atoms with E-state index in [1.807, 2.05) is 7.05 Å². The fourth-order valence-corrected chi connectivity index (χ4v) is 4.67. The topological polar surface area (TPSA) is 55.2 Å². The number of anilines is 1. The molecule has 0 bridgehead atoms. The lowest BCUT2D eigenvalue weighted by atomic mass is 10.0. The van der Waals surface area contributed by atoms with Crippen LogP contribution in [0.3, 0.4) is 0 Å². The second kappa shape index (κ2) is 9.59. The molecule has 0 spiro atoms. The van der Waals surface area contributed by atoms with Gasteiger partial charge in [-0.1, -0.05) is 20.8 Å². The molecule has 32 heavy (non-hydrogen) atoms. The van der Waals surface area contributed by atoms with E-state index in [9.17, 15) is 0 Å². The third-order valence-corrected chi connectivity index (χ3v) is 6.61. The van der Waals surface area contributed by atoms with Gasteiger partial charge in [0.2, 0.25) is 0 Å². The summed E-state index contributed by atoms with van der Waals surface area (Å²) in [4.78, 5) is 12.6. The van der Waals surface area contributed by atoms with Crippen LogP contribution >= 0.6 is 0 Å². The molecule has 0 radical (unpaired) electrons. The van der Waals surface area contributed by atoms with Gasteiger partial charge in [-0.3, -0.25) is 4.90 Å². The highest BCUT2D eigenvalue weighted by molar-refractivity contribution is 5.86. The van der Waals surface area contributed by atoms with Gasteiger partial charge < -0.3 is 14.6 Å². The Morgan fingerprint density at radius 2 is 1.84 bits per heavy atom. The molecule has 4 rings (SSSR count). The molecule has 0 aliphatic carbocycles. The molecule has 1 aliphatic rings. The van der Waals surface area contributed by atoms with Crippen LogP contribution < -0.4 is 5.32 Å². The molecule has 0 saturated carbocycles. The number of morpholine rings is 1. The molecule has 1 atom stereocenters. The molecule has 6 heteroatoms. The molecule has 0 unspecified atom stereocenters. The van der Waals surface area contributed by atoms with Crippen LogP contribution in [0.1, 0.15) is 56.0 Å². The smallest absolute Gasteiger partial charge is 0.135 e. The highest BCUT2D eigenvalue weighted by Gasteiger charge is 2.21. The summed E-state index contributed by atoms with van der Waals surface area (Å²) in [5.41, 5.74) is 7.86. The number of hydrogen-bond donors (Lipinski definition) is 1. The quantitative estimate of drug-likeness (QED) is 0.555. The average molecular weight is 436 g/mol. The Morgan fingerprint density at radius 3 is 2.50 bits per heavy atom. The Labute approximate surface area is 192 Å². The molecule has 1 N–H and O–H groups in total. The number of fused-ring (bicyclic) bond motifs is 1. The van der Waals surface area contributed by atoms with E-state index in [-0.39, 0.29) is 0 Å². The van der Waals surface area contributed by atoms with E-state index in [0.717, 1.165) is 67.6 Å². The van der Waals surface area contributed by atoms with E-state index < -0.39 is 0 Å². The first-order valence-corrected chi connectivity index (χ1v) is 11.9. The standard InChI is InChI=1S/C26H37N5O/c1-7-20(16-30-10-12-32-13-11-30)31-15-19(5)25-23(31)14-18(4)24(29-25)21-8-9-22(17(2)3)28-26(21)27-6/h8-9,14-15,17,20H,7,10-13,16H2,1-6H3,(H,27,28)/t20-/m1/s1. The molecule has 172 valence electrons. The van der Waals surface area contributed by atoms with Gasteiger partial charge in [0.1, 0.15) is 5.82 Å². The van der Waals surface area contributed by atoms with Crippen LogP contribution in [0.5, 0.6) is 0 Å². The molecule has 1 aliphatic heterocycles. The third kappa shape index (κ3) is 4.39. The van der Waals surface area contributed by atoms with E-state index in [0.29, 0.717) is 12.0 Å². The van der Waals surface area contributed by atoms with E-state index in [4.69, 9.17) is 14.7 Å². The van der Waals surface area contributed by atoms with Gasteiger partial charge in [-0.15, -0.1) is 0 Å². The van der Waals surface area contributed by atoms with Crippen LogP contribution in [0, 0.1) is 13.8 Å². The SMILES string of the molecule is CC[C@H](CN1CCOCC1)n1cc(C)c2nc(-c3ccc(C(C)C)nc3NC)c(C)cc21. The summed E-state index contributed by atoms with van der Waals surface area (Å²) in [7, 11) is 1.93. The minimum Gasteiger partial charge on any atom is -0.379 e. The van der Waals surface area contributed by atoms with Crippen LogP contribution in [-0.4, -0.2) is 59.3 Å². The Bertz CT molecular complexity index is 1080. The van der Waals surface area contributed by atoms with Crippen LogP contribution in [0.2, 0.25) is 0 Å². The van der Waals surface area contributed by atoms with Crippen molar-refractivity contribution in [1.29, 1.82) is 0 Å². The summed E-state index contributed by atoms with van der Waals surface area (Å²) < 4.78 is 7.98. The molecular formula is C26H37N5O. The maximum atomic E-state index is 5.54. The number of aryl methyl sites for hydroxylation is 2. The van der Waals surface area contributed by atoms with Crippen molar-refractivity contribution < 1.29 is 4.74 Å². The molecule has 3 aromatic rings. The minimum atomic E-state index is 0.390. The van der Waals surface area contributed by atoms with Crippen molar-refractivity contribution in [2.24, 2.45) is 0 Å². The first-order valence-electron chi connectivity index (χ1n) is 11.9. The van der Waals surface area contributed by atoms with Gasteiger partial charge in [-0.05, 0) is 55.5 Å². The van der Waals surface area contributed by atoms with Crippen LogP contribution in [0.15, 0.2) is 24.4 Å². The van der Waals surface area contributed by atoms with Gasteiger partial charge in [0.05, 0.1) is 29.9 Å². The van der Waals surface area contributed by atoms with Crippen molar-refractivity contribution >= 4 is 16.9 Å². The summed E-state index contributed by atoms with van der Waals surface area (Å²) in [6.07, 6.45) is 3.38. The monoisotopic (exact) mass is 435 g/mol. The Morgan fingerprint density at radius 1 is 1.09 bits per heavy atom. The van der Waals surface area contributed by atoms with Crippen LogP contribution in [0.4, 0.5) is 5.82 Å². The zero-order valence-corrected chi connectivity index (χ0v) is 20.4. The second-order valence-electron chi connectivity index (χ2n) is 9.25. The van der Waals surface area contributed by atoms with E-state index in [2.05, 4.69) is 73.8 Å². The lowest BCUT2D eigenvalue weighted by Crippen LogP contribution is -2.39. The predicted octanol–water partition coefficient (Wildman–Crippen LogP) is 5.16. The van der Waals surface area contributed by atoms with Crippen molar-refractivity contribution in [2.75, 3.05) is 45.2 Å². The maximum absolute atomic E-state index is 5.54. The van der Waals surface area contributed by atoms with E-state index in [1.54, 1.807) is 0 Å². The predicted molar refractivity (Wildman–Crippen MR) is 133 cm³/mol. The summed E-state index contributed by atoms with van der Waals surface area (Å²) in [5.74, 6) is 1.28. The zero-order valence-electron chi connectivity index (χ0n) is 20.4. The van der Waals surface area contributed by atoms with Gasteiger partial charge in [0.15, 0.2) is 0 Å². The van der Waals surface area contributed by atoms with Gasteiger partial charge in [-0.25, -0.2) is 9.97 Å². The molecule has 0 amide bonds. The van der Waals surface area contributed by atoms with Crippen molar-refractivity contribution in [1.82, 2.24) is 19.4 Å². The van der Waals surface area contributed by atoms with Gasteiger partial charge in [0.25, 0.3) is 0 Å². The lowest BCUT2D eigenvalue weighted by molar-refractivity contribution is 0.0315. The summed E-state index contributed by atoms with van der Waals surface area (Å²) in [6.45, 7) is 15.7. The van der Waals surface area contributed by atoms with Gasteiger partial charge >= 0.3 is 0 Å². The molecule has 0 aromatic carbocycles. The molecule has 4 heterocycles. The summed E-state index contributed by atoms with van der Waals surface area (Å²) in [5, 5.41) is 3.29. The molecule has 1 saturated heterocycles. The van der Waals surface area contributed by atoms with Crippen molar-refractivity contribution in [2.45, 2.75) is 53.0 Å². The highest BCUT2D eigenvalue weighted by Crippen LogP contribution is 2.34. The second-order valence-corrected chi connectivity index (χ2v) is 9.25. The number of rotatable bonds is 7. The number of aromatic nitrogens is 3. The first kappa shape index (κ1) is 22.7. The molecule has 1 fully saturated rings. The fraction of sp³-hybridized carbons (Fsp3) is 0.538. The summed E-state index contributed by atoms with van der Waals surface area (Å²) >= 11 is 0. The van der Waals surface area contributed by atoms with Crippen molar-refractivity contribution in [3.05, 3.63) is 41.2 Å².